The average molecular weight is 367 g/mol. The van der Waals surface area contributed by atoms with Gasteiger partial charge in [-0.05, 0) is 18.6 Å². The van der Waals surface area contributed by atoms with Gasteiger partial charge >= 0.3 is 0 Å². The van der Waals surface area contributed by atoms with Gasteiger partial charge < -0.3 is 10.4 Å². The third kappa shape index (κ3) is 4.59. The number of nitrogens with two attached hydrogens (primary N) is 1. The van der Waals surface area contributed by atoms with Crippen molar-refractivity contribution >= 4 is 15.9 Å². The Balaban J connectivity index is 2.55. The highest BCUT2D eigenvalue weighted by Crippen LogP contribution is 2.31. The number of rotatable bonds is 6. The summed E-state index contributed by atoms with van der Waals surface area (Å²) in [5.74, 6) is -0.868. The summed E-state index contributed by atoms with van der Waals surface area (Å²) in [6.07, 6.45) is -1.51. The highest BCUT2D eigenvalue weighted by molar-refractivity contribution is 7.89. The number of aliphatic hydroxyl groups excluding tert-OH is 1. The molecule has 0 aliphatic carbocycles. The van der Waals surface area contributed by atoms with Gasteiger partial charge in [0.1, 0.15) is 10.6 Å². The molecule has 4 N–H and O–H groups in total. The Morgan fingerprint density at radius 3 is 2.52 bits per heavy atom. The van der Waals surface area contributed by atoms with Crippen LogP contribution >= 0.6 is 0 Å². The lowest BCUT2D eigenvalue weighted by atomic mass is 10.0. The predicted octanol–water partition coefficient (Wildman–Crippen LogP) is 0.899. The molecule has 1 unspecified atom stereocenters. The molecule has 0 saturated heterocycles. The maximum absolute atomic E-state index is 14.9. The number of pyridine rings is 1. The van der Waals surface area contributed by atoms with Crippen molar-refractivity contribution in [1.29, 1.82) is 0 Å². The number of aromatic nitrogens is 1. The first-order valence-electron chi connectivity index (χ1n) is 7.38. The molecule has 25 heavy (non-hydrogen) atoms. The summed E-state index contributed by atoms with van der Waals surface area (Å²) in [6, 6.07) is 9.06. The molecular weight excluding hydrogens is 349 g/mol. The second-order valence-corrected chi connectivity index (χ2v) is 6.95. The number of halogens is 1. The van der Waals surface area contributed by atoms with Crippen LogP contribution in [0.2, 0.25) is 0 Å². The average Bonchev–Trinajstić information content (AvgIpc) is 2.58. The standard InChI is InChI=1S/C16H18FN3O4S/c1-10(21)9-20-16(22)14-15(25(18,23)24)12(7-8-19-14)13(17)11-5-3-2-4-6-11/h2-8,10,13,21H,9H2,1H3,(H,20,22)(H2,18,23,24)/t10-,13?/m0/s1. The molecule has 0 bridgehead atoms. The molecule has 0 aliphatic heterocycles. The quantitative estimate of drug-likeness (QED) is 0.700. The van der Waals surface area contributed by atoms with Gasteiger partial charge in [0.2, 0.25) is 10.0 Å². The van der Waals surface area contributed by atoms with Crippen molar-refractivity contribution in [2.45, 2.75) is 24.1 Å². The number of carbonyl (C=O) groups excluding carboxylic acids is 1. The Morgan fingerprint density at radius 2 is 1.96 bits per heavy atom. The van der Waals surface area contributed by atoms with Gasteiger partial charge in [0, 0.05) is 18.3 Å². The van der Waals surface area contributed by atoms with Gasteiger partial charge in [-0.2, -0.15) is 0 Å². The summed E-state index contributed by atoms with van der Waals surface area (Å²) in [4.78, 5) is 15.3. The highest BCUT2D eigenvalue weighted by Gasteiger charge is 2.29. The molecule has 0 spiro atoms. The van der Waals surface area contributed by atoms with Crippen molar-refractivity contribution in [2.24, 2.45) is 5.14 Å². The molecule has 1 aromatic carbocycles. The van der Waals surface area contributed by atoms with Crippen LogP contribution in [0, 0.1) is 0 Å². The highest BCUT2D eigenvalue weighted by atomic mass is 32.2. The number of sulfonamides is 1. The van der Waals surface area contributed by atoms with Crippen molar-refractivity contribution in [3.8, 4) is 0 Å². The molecule has 1 aromatic heterocycles. The molecule has 7 nitrogen and oxygen atoms in total. The molecule has 9 heteroatoms. The largest absolute Gasteiger partial charge is 0.392 e. The normalized spacial score (nSPS) is 13.9. The zero-order chi connectivity index (χ0) is 18.6. The van der Waals surface area contributed by atoms with E-state index in [0.717, 1.165) is 6.20 Å². The van der Waals surface area contributed by atoms with Gasteiger partial charge in [0.05, 0.1) is 6.10 Å². The first-order valence-corrected chi connectivity index (χ1v) is 8.93. The summed E-state index contributed by atoms with van der Waals surface area (Å²) in [7, 11) is -4.43. The van der Waals surface area contributed by atoms with Crippen LogP contribution in [-0.4, -0.2) is 37.1 Å². The number of nitrogens with one attached hydrogen (secondary N) is 1. The fourth-order valence-electron chi connectivity index (χ4n) is 2.25. The van der Waals surface area contributed by atoms with Crippen LogP contribution in [0.3, 0.4) is 0 Å². The van der Waals surface area contributed by atoms with Crippen LogP contribution in [0.25, 0.3) is 0 Å². The SMILES string of the molecule is C[C@H](O)CNC(=O)c1nccc(C(F)c2ccccc2)c1S(N)(=O)=O. The molecule has 0 saturated carbocycles. The first kappa shape index (κ1) is 19.0. The van der Waals surface area contributed by atoms with E-state index in [2.05, 4.69) is 10.3 Å². The van der Waals surface area contributed by atoms with E-state index < -0.39 is 38.8 Å². The van der Waals surface area contributed by atoms with Crippen LogP contribution in [0.1, 0.15) is 34.7 Å². The van der Waals surface area contributed by atoms with Crippen LogP contribution < -0.4 is 10.5 Å². The maximum atomic E-state index is 14.9. The van der Waals surface area contributed by atoms with E-state index >= 15 is 0 Å². The maximum Gasteiger partial charge on any atom is 0.271 e. The van der Waals surface area contributed by atoms with Crippen LogP contribution in [0.5, 0.6) is 0 Å². The Labute approximate surface area is 144 Å². The number of aliphatic hydroxyl groups is 1. The summed E-state index contributed by atoms with van der Waals surface area (Å²) < 4.78 is 38.9. The monoisotopic (exact) mass is 367 g/mol. The first-order chi connectivity index (χ1) is 11.7. The number of primary sulfonamides is 1. The Kier molecular flexibility index (Phi) is 5.83. The van der Waals surface area contributed by atoms with Crippen LogP contribution in [0.15, 0.2) is 47.5 Å². The van der Waals surface area contributed by atoms with E-state index in [1.807, 2.05) is 0 Å². The van der Waals surface area contributed by atoms with Crippen molar-refractivity contribution in [1.82, 2.24) is 10.3 Å². The van der Waals surface area contributed by atoms with Crippen molar-refractivity contribution in [3.05, 3.63) is 59.4 Å². The molecule has 1 heterocycles. The van der Waals surface area contributed by atoms with Gasteiger partial charge in [-0.1, -0.05) is 30.3 Å². The summed E-state index contributed by atoms with van der Waals surface area (Å²) in [5.41, 5.74) is -0.570. The number of benzene rings is 1. The molecule has 2 atom stereocenters. The Morgan fingerprint density at radius 1 is 1.32 bits per heavy atom. The van der Waals surface area contributed by atoms with Crippen LogP contribution in [0.4, 0.5) is 4.39 Å². The number of hydrogen-bond donors (Lipinski definition) is 3. The van der Waals surface area contributed by atoms with Gasteiger partial charge in [-0.15, -0.1) is 0 Å². The molecule has 1 amide bonds. The van der Waals surface area contributed by atoms with Crippen molar-refractivity contribution in [3.63, 3.8) is 0 Å². The number of carbonyl (C=O) groups is 1. The number of alkyl halides is 1. The third-order valence-electron chi connectivity index (χ3n) is 3.36. The molecular formula is C16H18FN3O4S. The lowest BCUT2D eigenvalue weighted by molar-refractivity contribution is 0.0915. The Hall–Kier alpha value is -2.36. The van der Waals surface area contributed by atoms with Gasteiger partial charge in [-0.25, -0.2) is 22.9 Å². The van der Waals surface area contributed by atoms with E-state index in [4.69, 9.17) is 5.14 Å². The second kappa shape index (κ2) is 7.68. The summed E-state index contributed by atoms with van der Waals surface area (Å²) in [5, 5.41) is 16.8. The fourth-order valence-corrected chi connectivity index (χ4v) is 3.16. The molecule has 0 radical (unpaired) electrons. The van der Waals surface area contributed by atoms with Gasteiger partial charge in [0.15, 0.2) is 6.17 Å². The third-order valence-corrected chi connectivity index (χ3v) is 4.36. The minimum Gasteiger partial charge on any atom is -0.392 e. The van der Waals surface area contributed by atoms with Crippen molar-refractivity contribution < 1.29 is 22.7 Å². The second-order valence-electron chi connectivity index (χ2n) is 5.46. The van der Waals surface area contributed by atoms with E-state index in [1.165, 1.54) is 25.1 Å². The van der Waals surface area contributed by atoms with Crippen molar-refractivity contribution in [2.75, 3.05) is 6.54 Å². The fraction of sp³-hybridized carbons (Fsp3) is 0.250. The molecule has 2 rings (SSSR count). The smallest absolute Gasteiger partial charge is 0.271 e. The Bertz CT molecular complexity index is 857. The van der Waals surface area contributed by atoms with Crippen LogP contribution in [-0.2, 0) is 10.0 Å². The molecule has 134 valence electrons. The lowest BCUT2D eigenvalue weighted by Crippen LogP contribution is -2.33. The molecule has 2 aromatic rings. The molecule has 0 aliphatic rings. The topological polar surface area (TPSA) is 122 Å². The summed E-state index contributed by atoms with van der Waals surface area (Å²) >= 11 is 0. The van der Waals surface area contributed by atoms with E-state index in [-0.39, 0.29) is 17.7 Å². The summed E-state index contributed by atoms with van der Waals surface area (Å²) in [6.45, 7) is 1.32. The number of nitrogens with zero attached hydrogens (tertiary/aromatic N) is 1. The zero-order valence-electron chi connectivity index (χ0n) is 13.4. The van der Waals surface area contributed by atoms with E-state index in [1.54, 1.807) is 18.2 Å². The number of hydrogen-bond acceptors (Lipinski definition) is 5. The van der Waals surface area contributed by atoms with Gasteiger partial charge in [0.25, 0.3) is 5.91 Å². The minimum absolute atomic E-state index is 0.119. The lowest BCUT2D eigenvalue weighted by Gasteiger charge is -2.16. The van der Waals surface area contributed by atoms with Gasteiger partial charge in [-0.3, -0.25) is 4.79 Å². The molecule has 0 fully saturated rings. The van der Waals surface area contributed by atoms with E-state index in [9.17, 15) is 22.7 Å². The van der Waals surface area contributed by atoms with E-state index in [0.29, 0.717) is 0 Å². The minimum atomic E-state index is -4.43. The zero-order valence-corrected chi connectivity index (χ0v) is 14.2. The predicted molar refractivity (Wildman–Crippen MR) is 89.0 cm³/mol. The number of amides is 1.